The van der Waals surface area contributed by atoms with Crippen molar-refractivity contribution in [1.82, 2.24) is 9.80 Å². The first kappa shape index (κ1) is 15.8. The van der Waals surface area contributed by atoms with Gasteiger partial charge >= 0.3 is 0 Å². The molecule has 0 aromatic rings. The Balaban J connectivity index is 1.63. The molecule has 0 unspecified atom stereocenters. The fourth-order valence-corrected chi connectivity index (χ4v) is 3.39. The van der Waals surface area contributed by atoms with Gasteiger partial charge in [0.2, 0.25) is 5.91 Å². The summed E-state index contributed by atoms with van der Waals surface area (Å²) in [5, 5.41) is 9.67. The molecule has 2 rings (SSSR count). The first-order valence-electron chi connectivity index (χ1n) is 8.37. The van der Waals surface area contributed by atoms with E-state index in [9.17, 15) is 9.90 Å². The maximum absolute atomic E-state index is 12.2. The molecule has 0 spiro atoms. The fourth-order valence-electron chi connectivity index (χ4n) is 3.39. The van der Waals surface area contributed by atoms with Gasteiger partial charge in [0.1, 0.15) is 0 Å². The number of amides is 1. The molecular weight excluding hydrogens is 252 g/mol. The van der Waals surface area contributed by atoms with Crippen molar-refractivity contribution in [1.29, 1.82) is 0 Å². The van der Waals surface area contributed by atoms with Crippen LogP contribution in [0.4, 0.5) is 0 Å². The predicted octanol–water partition coefficient (Wildman–Crippen LogP) is 1.87. The second-order valence-electron chi connectivity index (χ2n) is 6.43. The lowest BCUT2D eigenvalue weighted by atomic mass is 10.0. The molecule has 1 atom stereocenters. The smallest absolute Gasteiger partial charge is 0.222 e. The largest absolute Gasteiger partial charge is 0.392 e. The van der Waals surface area contributed by atoms with Crippen molar-refractivity contribution in [2.45, 2.75) is 58.0 Å². The Morgan fingerprint density at radius 2 is 1.85 bits per heavy atom. The molecule has 1 saturated carbocycles. The van der Waals surface area contributed by atoms with Gasteiger partial charge in [-0.2, -0.15) is 0 Å². The molecule has 4 heteroatoms. The van der Waals surface area contributed by atoms with E-state index in [-0.39, 0.29) is 6.10 Å². The van der Waals surface area contributed by atoms with Gasteiger partial charge in [-0.3, -0.25) is 9.69 Å². The standard InChI is InChI=1S/C16H30N2O2/c1-2-15(19)13-17-9-11-18(12-10-17)16(20)8-7-14-5-3-4-6-14/h14-15,19H,2-13H2,1H3/t15-/m1/s1. The normalized spacial score (nSPS) is 23.2. The van der Waals surface area contributed by atoms with Crippen molar-refractivity contribution >= 4 is 5.91 Å². The van der Waals surface area contributed by atoms with Crippen LogP contribution < -0.4 is 0 Å². The van der Waals surface area contributed by atoms with Crippen LogP contribution in [0.5, 0.6) is 0 Å². The van der Waals surface area contributed by atoms with Crippen LogP contribution in [0.2, 0.25) is 0 Å². The average molecular weight is 282 g/mol. The molecule has 20 heavy (non-hydrogen) atoms. The third-order valence-electron chi connectivity index (χ3n) is 4.91. The Bertz CT molecular complexity index is 295. The summed E-state index contributed by atoms with van der Waals surface area (Å²) in [5.74, 6) is 1.15. The van der Waals surface area contributed by atoms with Gasteiger partial charge < -0.3 is 10.0 Å². The molecule has 1 aliphatic heterocycles. The van der Waals surface area contributed by atoms with E-state index in [1.165, 1.54) is 25.7 Å². The number of hydrogen-bond acceptors (Lipinski definition) is 3. The monoisotopic (exact) mass is 282 g/mol. The highest BCUT2D eigenvalue weighted by molar-refractivity contribution is 5.76. The van der Waals surface area contributed by atoms with Crippen LogP contribution in [0.1, 0.15) is 51.9 Å². The molecule has 1 saturated heterocycles. The number of carbonyl (C=O) groups is 1. The number of piperazine rings is 1. The number of carbonyl (C=O) groups excluding carboxylic acids is 1. The maximum Gasteiger partial charge on any atom is 0.222 e. The SMILES string of the molecule is CC[C@@H](O)CN1CCN(C(=O)CCC2CCCC2)CC1. The molecule has 4 nitrogen and oxygen atoms in total. The summed E-state index contributed by atoms with van der Waals surface area (Å²) in [6.45, 7) is 6.24. The van der Waals surface area contributed by atoms with Crippen LogP contribution in [0.3, 0.4) is 0 Å². The first-order valence-corrected chi connectivity index (χ1v) is 8.37. The minimum Gasteiger partial charge on any atom is -0.392 e. The topological polar surface area (TPSA) is 43.8 Å². The summed E-state index contributed by atoms with van der Waals surface area (Å²) in [4.78, 5) is 16.5. The summed E-state index contributed by atoms with van der Waals surface area (Å²) in [7, 11) is 0. The third kappa shape index (κ3) is 4.74. The van der Waals surface area contributed by atoms with Crippen molar-refractivity contribution in [2.75, 3.05) is 32.7 Å². The van der Waals surface area contributed by atoms with E-state index >= 15 is 0 Å². The van der Waals surface area contributed by atoms with Crippen LogP contribution in [0.15, 0.2) is 0 Å². The van der Waals surface area contributed by atoms with Crippen molar-refractivity contribution < 1.29 is 9.90 Å². The Labute approximate surface area is 123 Å². The van der Waals surface area contributed by atoms with E-state index in [0.29, 0.717) is 5.91 Å². The number of nitrogens with zero attached hydrogens (tertiary/aromatic N) is 2. The lowest BCUT2D eigenvalue weighted by Gasteiger charge is -2.35. The summed E-state index contributed by atoms with van der Waals surface area (Å²) in [6, 6.07) is 0. The van der Waals surface area contributed by atoms with Gasteiger partial charge in [-0.1, -0.05) is 32.6 Å². The quantitative estimate of drug-likeness (QED) is 0.809. The van der Waals surface area contributed by atoms with Crippen molar-refractivity contribution in [3.8, 4) is 0 Å². The van der Waals surface area contributed by atoms with Crippen molar-refractivity contribution in [3.63, 3.8) is 0 Å². The second-order valence-corrected chi connectivity index (χ2v) is 6.43. The first-order chi connectivity index (χ1) is 9.69. The molecule has 0 radical (unpaired) electrons. The van der Waals surface area contributed by atoms with Gasteiger partial charge in [0, 0.05) is 39.1 Å². The highest BCUT2D eigenvalue weighted by Crippen LogP contribution is 2.28. The molecule has 1 heterocycles. The molecule has 0 aromatic heterocycles. The minimum atomic E-state index is -0.223. The zero-order chi connectivity index (χ0) is 14.4. The third-order valence-corrected chi connectivity index (χ3v) is 4.91. The zero-order valence-electron chi connectivity index (χ0n) is 12.9. The van der Waals surface area contributed by atoms with Gasteiger partial charge in [0.05, 0.1) is 6.10 Å². The van der Waals surface area contributed by atoms with E-state index in [1.807, 2.05) is 11.8 Å². The van der Waals surface area contributed by atoms with E-state index in [1.54, 1.807) is 0 Å². The van der Waals surface area contributed by atoms with Gasteiger partial charge in [0.25, 0.3) is 0 Å². The number of rotatable bonds is 6. The van der Waals surface area contributed by atoms with Crippen LogP contribution >= 0.6 is 0 Å². The molecule has 0 aromatic carbocycles. The Morgan fingerprint density at radius 3 is 2.45 bits per heavy atom. The van der Waals surface area contributed by atoms with Crippen molar-refractivity contribution in [3.05, 3.63) is 0 Å². The van der Waals surface area contributed by atoms with E-state index in [4.69, 9.17) is 0 Å². The number of aliphatic hydroxyl groups is 1. The van der Waals surface area contributed by atoms with Crippen LogP contribution in [-0.4, -0.2) is 59.6 Å². The lowest BCUT2D eigenvalue weighted by Crippen LogP contribution is -2.50. The molecule has 1 aliphatic carbocycles. The molecule has 1 amide bonds. The lowest BCUT2D eigenvalue weighted by molar-refractivity contribution is -0.133. The van der Waals surface area contributed by atoms with E-state index < -0.39 is 0 Å². The molecule has 116 valence electrons. The van der Waals surface area contributed by atoms with Crippen LogP contribution in [-0.2, 0) is 4.79 Å². The summed E-state index contributed by atoms with van der Waals surface area (Å²) in [6.07, 6.45) is 7.79. The van der Waals surface area contributed by atoms with Gasteiger partial charge in [-0.05, 0) is 18.8 Å². The summed E-state index contributed by atoms with van der Waals surface area (Å²) in [5.41, 5.74) is 0. The fraction of sp³-hybridized carbons (Fsp3) is 0.938. The molecule has 1 N–H and O–H groups in total. The van der Waals surface area contributed by atoms with Crippen LogP contribution in [0, 0.1) is 5.92 Å². The number of aliphatic hydroxyl groups excluding tert-OH is 1. The van der Waals surface area contributed by atoms with Gasteiger partial charge in [-0.25, -0.2) is 0 Å². The predicted molar refractivity (Wildman–Crippen MR) is 80.5 cm³/mol. The molecule has 0 bridgehead atoms. The molecule has 2 aliphatic rings. The highest BCUT2D eigenvalue weighted by Gasteiger charge is 2.23. The Kier molecular flexibility index (Phi) is 6.30. The minimum absolute atomic E-state index is 0.223. The number of hydrogen-bond donors (Lipinski definition) is 1. The average Bonchev–Trinajstić information content (AvgIpc) is 2.98. The van der Waals surface area contributed by atoms with Gasteiger partial charge in [0.15, 0.2) is 0 Å². The summed E-state index contributed by atoms with van der Waals surface area (Å²) < 4.78 is 0. The van der Waals surface area contributed by atoms with Gasteiger partial charge in [-0.15, -0.1) is 0 Å². The van der Waals surface area contributed by atoms with Crippen molar-refractivity contribution in [2.24, 2.45) is 5.92 Å². The zero-order valence-corrected chi connectivity index (χ0v) is 12.9. The highest BCUT2D eigenvalue weighted by atomic mass is 16.3. The molecular formula is C16H30N2O2. The second kappa shape index (κ2) is 7.99. The number of β-amino-alcohol motifs (C(OH)–C–C–N with tert-alkyl or cyclic N) is 1. The molecule has 2 fully saturated rings. The Hall–Kier alpha value is -0.610. The maximum atomic E-state index is 12.2. The van der Waals surface area contributed by atoms with E-state index in [0.717, 1.165) is 57.9 Å². The Morgan fingerprint density at radius 1 is 1.20 bits per heavy atom. The summed E-state index contributed by atoms with van der Waals surface area (Å²) >= 11 is 0. The van der Waals surface area contributed by atoms with Crippen LogP contribution in [0.25, 0.3) is 0 Å². The van der Waals surface area contributed by atoms with E-state index in [2.05, 4.69) is 4.90 Å².